The van der Waals surface area contributed by atoms with Crippen LogP contribution in [0.25, 0.3) is 0 Å². The van der Waals surface area contributed by atoms with E-state index >= 15 is 0 Å². The third-order valence-electron chi connectivity index (χ3n) is 4.20. The zero-order valence-electron chi connectivity index (χ0n) is 11.1. The van der Waals surface area contributed by atoms with Gasteiger partial charge in [-0.25, -0.2) is 0 Å². The minimum Gasteiger partial charge on any atom is -0.492 e. The van der Waals surface area contributed by atoms with E-state index in [1.165, 1.54) is 25.2 Å². The van der Waals surface area contributed by atoms with E-state index in [9.17, 15) is 0 Å². The Morgan fingerprint density at radius 1 is 1.33 bits per heavy atom. The fourth-order valence-corrected chi connectivity index (χ4v) is 2.98. The first kappa shape index (κ1) is 12.0. The zero-order valence-corrected chi connectivity index (χ0v) is 11.1. The Bertz CT molecular complexity index is 407. The Labute approximate surface area is 109 Å². The number of rotatable bonds is 2. The summed E-state index contributed by atoms with van der Waals surface area (Å²) in [6.45, 7) is 8.76. The first-order chi connectivity index (χ1) is 8.83. The van der Waals surface area contributed by atoms with Crippen LogP contribution in [0.5, 0.6) is 5.75 Å². The first-order valence-electron chi connectivity index (χ1n) is 6.96. The molecule has 18 heavy (non-hydrogen) atoms. The zero-order chi connectivity index (χ0) is 12.4. The highest BCUT2D eigenvalue weighted by Crippen LogP contribution is 2.24. The fourth-order valence-electron chi connectivity index (χ4n) is 2.98. The maximum atomic E-state index is 5.81. The second-order valence-electron chi connectivity index (χ2n) is 5.59. The third-order valence-corrected chi connectivity index (χ3v) is 4.20. The van der Waals surface area contributed by atoms with Crippen molar-refractivity contribution in [3.8, 4) is 5.75 Å². The number of hydrogen-bond acceptors (Lipinski definition) is 3. The summed E-state index contributed by atoms with van der Waals surface area (Å²) < 4.78 is 5.81. The van der Waals surface area contributed by atoms with E-state index in [1.54, 1.807) is 0 Å². The fraction of sp³-hybridized carbons (Fsp3) is 0.600. The minimum atomic E-state index is 0.787. The van der Waals surface area contributed by atoms with Gasteiger partial charge in [-0.05, 0) is 31.0 Å². The molecule has 1 aromatic carbocycles. The Morgan fingerprint density at radius 2 is 2.22 bits per heavy atom. The quantitative estimate of drug-likeness (QED) is 0.860. The highest BCUT2D eigenvalue weighted by Gasteiger charge is 2.26. The van der Waals surface area contributed by atoms with Gasteiger partial charge in [0, 0.05) is 25.2 Å². The molecule has 0 amide bonds. The van der Waals surface area contributed by atoms with E-state index in [-0.39, 0.29) is 0 Å². The molecule has 1 aromatic rings. The highest BCUT2D eigenvalue weighted by atomic mass is 16.5. The van der Waals surface area contributed by atoms with Crippen molar-refractivity contribution >= 4 is 0 Å². The topological polar surface area (TPSA) is 24.5 Å². The Hall–Kier alpha value is -1.06. The molecule has 3 rings (SSSR count). The molecule has 2 heterocycles. The lowest BCUT2D eigenvalue weighted by atomic mass is 9.97. The van der Waals surface area contributed by atoms with Crippen molar-refractivity contribution < 1.29 is 4.74 Å². The average molecular weight is 246 g/mol. The van der Waals surface area contributed by atoms with Crippen LogP contribution in [0.15, 0.2) is 24.3 Å². The van der Waals surface area contributed by atoms with Crippen LogP contribution in [0.1, 0.15) is 12.5 Å². The van der Waals surface area contributed by atoms with Gasteiger partial charge in [-0.2, -0.15) is 0 Å². The van der Waals surface area contributed by atoms with Crippen molar-refractivity contribution in [2.75, 3.05) is 32.8 Å². The lowest BCUT2D eigenvalue weighted by Crippen LogP contribution is -2.33. The average Bonchev–Trinajstić information content (AvgIpc) is 2.66. The molecule has 3 heteroatoms. The highest BCUT2D eigenvalue weighted by molar-refractivity contribution is 5.33. The summed E-state index contributed by atoms with van der Waals surface area (Å²) in [5.74, 6) is 2.65. The van der Waals surface area contributed by atoms with Gasteiger partial charge < -0.3 is 10.1 Å². The van der Waals surface area contributed by atoms with Crippen LogP contribution < -0.4 is 10.1 Å². The van der Waals surface area contributed by atoms with Crippen LogP contribution in [0.4, 0.5) is 0 Å². The van der Waals surface area contributed by atoms with Crippen LogP contribution in [0.2, 0.25) is 0 Å². The van der Waals surface area contributed by atoms with E-state index in [1.807, 2.05) is 0 Å². The van der Waals surface area contributed by atoms with Crippen molar-refractivity contribution in [2.24, 2.45) is 11.8 Å². The first-order valence-corrected chi connectivity index (χ1v) is 6.96. The molecule has 0 radical (unpaired) electrons. The summed E-state index contributed by atoms with van der Waals surface area (Å²) in [6.07, 6.45) is 0. The lowest BCUT2D eigenvalue weighted by Gasteiger charge is -2.25. The molecule has 1 N–H and O–H groups in total. The van der Waals surface area contributed by atoms with Gasteiger partial charge in [0.15, 0.2) is 0 Å². The molecule has 1 fully saturated rings. The van der Waals surface area contributed by atoms with Crippen molar-refractivity contribution in [2.45, 2.75) is 13.5 Å². The van der Waals surface area contributed by atoms with Crippen LogP contribution in [-0.2, 0) is 6.54 Å². The molecule has 2 atom stereocenters. The molecule has 0 unspecified atom stereocenters. The Morgan fingerprint density at radius 3 is 3.06 bits per heavy atom. The lowest BCUT2D eigenvalue weighted by molar-refractivity contribution is 0.190. The van der Waals surface area contributed by atoms with E-state index in [0.29, 0.717) is 0 Å². The van der Waals surface area contributed by atoms with Crippen molar-refractivity contribution in [3.63, 3.8) is 0 Å². The van der Waals surface area contributed by atoms with Crippen molar-refractivity contribution in [1.29, 1.82) is 0 Å². The monoisotopic (exact) mass is 246 g/mol. The molecule has 0 bridgehead atoms. The van der Waals surface area contributed by atoms with Gasteiger partial charge in [-0.3, -0.25) is 4.90 Å². The van der Waals surface area contributed by atoms with Gasteiger partial charge in [0.1, 0.15) is 12.4 Å². The summed E-state index contributed by atoms with van der Waals surface area (Å²) in [5.41, 5.74) is 1.33. The second-order valence-corrected chi connectivity index (χ2v) is 5.59. The van der Waals surface area contributed by atoms with Gasteiger partial charge in [0.2, 0.25) is 0 Å². The van der Waals surface area contributed by atoms with E-state index in [0.717, 1.165) is 37.3 Å². The summed E-state index contributed by atoms with van der Waals surface area (Å²) in [7, 11) is 0. The standard InChI is InChI=1S/C15H22N2O/c1-12-8-16-9-14(12)11-17-6-7-18-15-5-3-2-4-13(15)10-17/h2-5,12,14,16H,6-11H2,1H3/t12-,14+/m1/s1. The SMILES string of the molecule is C[C@@H]1CNC[C@H]1CN1CCOc2ccccc2C1. The molecule has 0 spiro atoms. The molecular weight excluding hydrogens is 224 g/mol. The van der Waals surface area contributed by atoms with Crippen LogP contribution >= 0.6 is 0 Å². The van der Waals surface area contributed by atoms with Gasteiger partial charge >= 0.3 is 0 Å². The van der Waals surface area contributed by atoms with E-state index < -0.39 is 0 Å². The molecule has 1 saturated heterocycles. The second kappa shape index (κ2) is 5.29. The van der Waals surface area contributed by atoms with E-state index in [2.05, 4.69) is 41.4 Å². The van der Waals surface area contributed by atoms with Gasteiger partial charge in [0.05, 0.1) is 0 Å². The Balaban J connectivity index is 1.67. The molecule has 2 aliphatic heterocycles. The summed E-state index contributed by atoms with van der Waals surface area (Å²) in [5, 5.41) is 3.49. The Kier molecular flexibility index (Phi) is 3.52. The van der Waals surface area contributed by atoms with Gasteiger partial charge in [-0.1, -0.05) is 25.1 Å². The summed E-state index contributed by atoms with van der Waals surface area (Å²) in [6, 6.07) is 8.42. The van der Waals surface area contributed by atoms with Gasteiger partial charge in [0.25, 0.3) is 0 Å². The molecular formula is C15H22N2O. The molecule has 3 nitrogen and oxygen atoms in total. The van der Waals surface area contributed by atoms with Crippen molar-refractivity contribution in [1.82, 2.24) is 10.2 Å². The molecule has 2 aliphatic rings. The number of fused-ring (bicyclic) bond motifs is 1. The predicted molar refractivity (Wildman–Crippen MR) is 72.7 cm³/mol. The van der Waals surface area contributed by atoms with Crippen LogP contribution in [-0.4, -0.2) is 37.7 Å². The number of hydrogen-bond donors (Lipinski definition) is 1. The molecule has 0 aromatic heterocycles. The van der Waals surface area contributed by atoms with E-state index in [4.69, 9.17) is 4.74 Å². The van der Waals surface area contributed by atoms with Crippen LogP contribution in [0, 0.1) is 11.8 Å². The van der Waals surface area contributed by atoms with Crippen LogP contribution in [0.3, 0.4) is 0 Å². The number of nitrogens with one attached hydrogen (secondary N) is 1. The third kappa shape index (κ3) is 2.52. The maximum absolute atomic E-state index is 5.81. The summed E-state index contributed by atoms with van der Waals surface area (Å²) >= 11 is 0. The predicted octanol–water partition coefficient (Wildman–Crippen LogP) is 1.74. The molecule has 98 valence electrons. The van der Waals surface area contributed by atoms with Crippen molar-refractivity contribution in [3.05, 3.63) is 29.8 Å². The maximum Gasteiger partial charge on any atom is 0.123 e. The molecule has 0 aliphatic carbocycles. The summed E-state index contributed by atoms with van der Waals surface area (Å²) in [4.78, 5) is 2.54. The smallest absolute Gasteiger partial charge is 0.123 e. The minimum absolute atomic E-state index is 0.787. The number of ether oxygens (including phenoxy) is 1. The number of nitrogens with zero attached hydrogens (tertiary/aromatic N) is 1. The van der Waals surface area contributed by atoms with Gasteiger partial charge in [-0.15, -0.1) is 0 Å². The number of para-hydroxylation sites is 1. The number of benzene rings is 1. The normalized spacial score (nSPS) is 28.5. The molecule has 0 saturated carbocycles. The largest absolute Gasteiger partial charge is 0.492 e.